The number of hydrogen-bond donors (Lipinski definition) is 6. The molecule has 482 valence electrons. The van der Waals surface area contributed by atoms with Gasteiger partial charge in [0.15, 0.2) is 0 Å². The second-order valence-corrected chi connectivity index (χ2v) is 25.4. The monoisotopic (exact) mass is 1290 g/mol. The van der Waals surface area contributed by atoms with E-state index < -0.39 is 36.8 Å². The van der Waals surface area contributed by atoms with Crippen molar-refractivity contribution in [1.29, 1.82) is 0 Å². The zero-order chi connectivity index (χ0) is 65.0. The molecule has 8 N–H and O–H groups in total. The topological polar surface area (TPSA) is 329 Å². The molecule has 25 nitrogen and oxygen atoms in total. The molecule has 0 radical (unpaired) electrons. The summed E-state index contributed by atoms with van der Waals surface area (Å²) in [6.45, 7) is 8.83. The normalized spacial score (nSPS) is 16.2. The van der Waals surface area contributed by atoms with E-state index in [9.17, 15) is 45.6 Å². The Hall–Kier alpha value is -9.16. The summed E-state index contributed by atoms with van der Waals surface area (Å²) in [4.78, 5) is 88.6. The van der Waals surface area contributed by atoms with Gasteiger partial charge in [-0.05, 0) is 105 Å². The second-order valence-electron chi connectivity index (χ2n) is 21.6. The molecule has 0 saturated carbocycles. The first-order chi connectivity index (χ1) is 42.8. The summed E-state index contributed by atoms with van der Waals surface area (Å²) in [5.41, 5.74) is 10.2. The highest BCUT2D eigenvalue weighted by Crippen LogP contribution is 2.40. The van der Waals surface area contributed by atoms with Crippen molar-refractivity contribution in [2.24, 2.45) is 0 Å². The molecule has 4 heterocycles. The van der Waals surface area contributed by atoms with E-state index in [1.807, 2.05) is 109 Å². The molecule has 27 heteroatoms. The molecule has 4 aliphatic heterocycles. The van der Waals surface area contributed by atoms with E-state index in [4.69, 9.17) is 18.6 Å². The molecule has 2 fully saturated rings. The Kier molecular flexibility index (Phi) is 23.3. The van der Waals surface area contributed by atoms with Crippen molar-refractivity contribution in [3.05, 3.63) is 179 Å². The van der Waals surface area contributed by atoms with Gasteiger partial charge in [0.2, 0.25) is 16.4 Å². The van der Waals surface area contributed by atoms with Gasteiger partial charge < -0.3 is 55.8 Å². The van der Waals surface area contributed by atoms with Crippen molar-refractivity contribution in [2.75, 3.05) is 139 Å². The van der Waals surface area contributed by atoms with Crippen LogP contribution in [0.4, 0.5) is 34.1 Å². The Balaban J connectivity index is 0.000000223. The largest absolute Gasteiger partial charge is 0.465 e. The van der Waals surface area contributed by atoms with E-state index in [0.29, 0.717) is 76.2 Å². The first-order valence-electron chi connectivity index (χ1n) is 28.5. The van der Waals surface area contributed by atoms with E-state index in [-0.39, 0.29) is 29.1 Å². The smallest absolute Gasteiger partial charge is 0.337 e. The minimum absolute atomic E-state index is 0. The molecular formula is C64H74N10O15S2. The van der Waals surface area contributed by atoms with Crippen molar-refractivity contribution in [3.63, 3.8) is 0 Å². The summed E-state index contributed by atoms with van der Waals surface area (Å²) < 4.78 is 63.6. The number of nitrogens with one attached hydrogen (secondary N) is 4. The van der Waals surface area contributed by atoms with Crippen molar-refractivity contribution in [3.8, 4) is 0 Å². The van der Waals surface area contributed by atoms with Gasteiger partial charge in [-0.2, -0.15) is 16.8 Å². The Morgan fingerprint density at radius 2 is 0.846 bits per heavy atom. The summed E-state index contributed by atoms with van der Waals surface area (Å²) in [5.74, 6) is -1.39. The Labute approximate surface area is 528 Å². The number of esters is 2. The predicted octanol–water partition coefficient (Wildman–Crippen LogP) is 5.52. The van der Waals surface area contributed by atoms with Crippen LogP contribution in [-0.4, -0.2) is 199 Å². The number of amides is 4. The second kappa shape index (κ2) is 30.6. The molecule has 4 aliphatic rings. The highest BCUT2D eigenvalue weighted by Gasteiger charge is 2.33. The number of rotatable bonds is 16. The van der Waals surface area contributed by atoms with Crippen LogP contribution in [0, 0.1) is 0 Å². The number of fused-ring (bicyclic) bond motifs is 2. The van der Waals surface area contributed by atoms with Crippen molar-refractivity contribution in [1.82, 2.24) is 19.6 Å². The molecule has 0 atom stereocenters. The average molecular weight is 1290 g/mol. The van der Waals surface area contributed by atoms with E-state index in [1.165, 1.54) is 14.2 Å². The van der Waals surface area contributed by atoms with Crippen LogP contribution in [-0.2, 0) is 48.9 Å². The molecule has 0 spiro atoms. The molecule has 0 aliphatic carbocycles. The highest BCUT2D eigenvalue weighted by atomic mass is 32.3. The van der Waals surface area contributed by atoms with Crippen LogP contribution < -0.4 is 31.1 Å². The lowest BCUT2D eigenvalue weighted by Gasteiger charge is -2.32. The Bertz CT molecular complexity index is 3680. The minimum Gasteiger partial charge on any atom is -0.465 e. The zero-order valence-corrected chi connectivity index (χ0v) is 52.9. The molecule has 6 aromatic carbocycles. The van der Waals surface area contributed by atoms with Gasteiger partial charge in [0.05, 0.1) is 72.4 Å². The molecule has 0 aromatic heterocycles. The Morgan fingerprint density at radius 1 is 0.516 bits per heavy atom. The van der Waals surface area contributed by atoms with Gasteiger partial charge in [-0.15, -0.1) is 0 Å². The number of ether oxygens (including phenoxy) is 2. The van der Waals surface area contributed by atoms with Gasteiger partial charge in [0, 0.05) is 100 Å². The number of benzene rings is 6. The summed E-state index contributed by atoms with van der Waals surface area (Å²) in [6.07, 6.45) is 0. The van der Waals surface area contributed by atoms with Gasteiger partial charge in [-0.25, -0.2) is 9.59 Å². The molecule has 2 saturated heterocycles. The maximum atomic E-state index is 13.2. The predicted molar refractivity (Wildman–Crippen MR) is 350 cm³/mol. The maximum absolute atomic E-state index is 13.2. The lowest BCUT2D eigenvalue weighted by Crippen LogP contribution is -2.48. The molecule has 0 unspecified atom stereocenters. The van der Waals surface area contributed by atoms with Crippen LogP contribution in [0.25, 0.3) is 22.5 Å². The summed E-state index contributed by atoms with van der Waals surface area (Å²) >= 11 is 0. The first kappa shape index (κ1) is 69.3. The van der Waals surface area contributed by atoms with Crippen molar-refractivity contribution < 1.29 is 69.7 Å². The number of carbonyl (C=O) groups is 6. The number of methoxy groups -OCH3 is 2. The summed E-state index contributed by atoms with van der Waals surface area (Å²) in [5, 5.41) is 12.6. The Morgan fingerprint density at radius 3 is 1.14 bits per heavy atom. The molecule has 10 rings (SSSR count). The van der Waals surface area contributed by atoms with Gasteiger partial charge in [0.1, 0.15) is 0 Å². The van der Waals surface area contributed by atoms with E-state index in [0.717, 1.165) is 86.2 Å². The molecule has 4 amide bonds. The van der Waals surface area contributed by atoms with Crippen LogP contribution in [0.5, 0.6) is 0 Å². The number of hydrogen-bond acceptors (Lipinski definition) is 18. The van der Waals surface area contributed by atoms with Crippen LogP contribution >= 0.6 is 0 Å². The third kappa shape index (κ3) is 17.6. The standard InChI is InChI=1S/2C31H33N5O4.C2H6O6S2.H2O/c2*1-34-15-17-36(18-16-34)20-27(37)35(2)24-12-10-23(11-13-24)32-29(21-7-5-4-6-8-21)28-25-14-9-22(31(39)40-3)19-26(25)33-30(28)38;1-2(9(3,4)5)10(6,7)8;/h2*4-14,19,32H,15-18,20H2,1-3H3,(H,33,38);2H,1H3,(H,3,4,5)(H,6,7,8);1H2/b2*29-28-;;. The van der Waals surface area contributed by atoms with Crippen LogP contribution in [0.3, 0.4) is 0 Å². The number of anilines is 6. The molecule has 91 heavy (non-hydrogen) atoms. The number of piperazine rings is 2. The van der Waals surface area contributed by atoms with Crippen molar-refractivity contribution in [2.45, 2.75) is 11.5 Å². The fraction of sp³-hybridized carbons (Fsp3) is 0.281. The lowest BCUT2D eigenvalue weighted by atomic mass is 9.99. The van der Waals surface area contributed by atoms with Crippen LogP contribution in [0.2, 0.25) is 0 Å². The van der Waals surface area contributed by atoms with E-state index in [1.54, 1.807) is 60.3 Å². The maximum Gasteiger partial charge on any atom is 0.337 e. The van der Waals surface area contributed by atoms with Gasteiger partial charge in [0.25, 0.3) is 32.1 Å². The molecular weight excluding hydrogens is 1210 g/mol. The van der Waals surface area contributed by atoms with Crippen molar-refractivity contribution >= 4 is 112 Å². The first-order valence-corrected chi connectivity index (χ1v) is 31.5. The zero-order valence-electron chi connectivity index (χ0n) is 51.3. The fourth-order valence-corrected chi connectivity index (χ4v) is 11.2. The van der Waals surface area contributed by atoms with Gasteiger partial charge >= 0.3 is 11.9 Å². The van der Waals surface area contributed by atoms with E-state index in [2.05, 4.69) is 55.0 Å². The van der Waals surface area contributed by atoms with Gasteiger partial charge in [-0.3, -0.25) is 38.1 Å². The quantitative estimate of drug-likeness (QED) is 0.0395. The minimum atomic E-state index is -4.70. The SMILES string of the molecule is CC(S(=O)(=O)O)S(=O)(=O)O.COC(=O)c1ccc2c(c1)NC(=O)/C2=C(\Nc1ccc(N(C)C(=O)CN2CCN(C)CC2)cc1)c1ccccc1.COC(=O)c1ccc2c(c1)NC(=O)/C2=C(\Nc1ccc(N(C)C(=O)CN2CCN(C)CC2)cc1)c1ccccc1.O. The highest BCUT2D eigenvalue weighted by molar-refractivity contribution is 8.03. The lowest BCUT2D eigenvalue weighted by molar-refractivity contribution is -0.120. The van der Waals surface area contributed by atoms with E-state index >= 15 is 0 Å². The number of carbonyl (C=O) groups excluding carboxylic acids is 6. The third-order valence-electron chi connectivity index (χ3n) is 15.5. The summed E-state index contributed by atoms with van der Waals surface area (Å²) in [6, 6.07) is 44.4. The number of nitrogens with zero attached hydrogens (tertiary/aromatic N) is 6. The molecule has 0 bridgehead atoms. The third-order valence-corrected chi connectivity index (χ3v) is 18.7. The van der Waals surface area contributed by atoms with Gasteiger partial charge in [-0.1, -0.05) is 72.8 Å². The fourth-order valence-electron chi connectivity index (χ4n) is 9.97. The number of likely N-dealkylation sites (N-methyl/N-ethyl adjacent to an activating group) is 4. The molecule has 6 aromatic rings. The summed E-state index contributed by atoms with van der Waals surface area (Å²) in [7, 11) is 1.03. The van der Waals surface area contributed by atoms with Crippen LogP contribution in [0.1, 0.15) is 49.9 Å². The average Bonchev–Trinajstić information content (AvgIpc) is 1.70. The van der Waals surface area contributed by atoms with Crippen LogP contribution in [0.15, 0.2) is 146 Å².